The second-order valence-electron chi connectivity index (χ2n) is 4.34. The second kappa shape index (κ2) is 4.80. The van der Waals surface area contributed by atoms with Crippen LogP contribution in [0, 0.1) is 3.57 Å². The van der Waals surface area contributed by atoms with Gasteiger partial charge in [0.1, 0.15) is 5.75 Å². The molecule has 0 atom stereocenters. The van der Waals surface area contributed by atoms with Crippen molar-refractivity contribution in [1.82, 2.24) is 0 Å². The topological polar surface area (TPSA) is 12.5 Å². The fourth-order valence-corrected chi connectivity index (χ4v) is 2.84. The zero-order chi connectivity index (χ0) is 12.5. The van der Waals surface area contributed by atoms with Crippen LogP contribution in [0.1, 0.15) is 5.56 Å². The molecule has 0 bridgehead atoms. The lowest BCUT2D eigenvalue weighted by Crippen LogP contribution is -2.12. The Morgan fingerprint density at radius 2 is 1.89 bits per heavy atom. The van der Waals surface area contributed by atoms with Gasteiger partial charge in [-0.15, -0.1) is 0 Å². The van der Waals surface area contributed by atoms with E-state index >= 15 is 0 Å². The summed E-state index contributed by atoms with van der Waals surface area (Å²) in [6.07, 6.45) is 1.05. The predicted octanol–water partition coefficient (Wildman–Crippen LogP) is 3.99. The highest BCUT2D eigenvalue weighted by molar-refractivity contribution is 14.1. The molecule has 0 radical (unpaired) electrons. The monoisotopic (exact) mass is 351 g/mol. The first-order chi connectivity index (χ1) is 8.79. The molecule has 2 aromatic carbocycles. The van der Waals surface area contributed by atoms with Gasteiger partial charge in [0.2, 0.25) is 0 Å². The van der Waals surface area contributed by atoms with Gasteiger partial charge in [0.15, 0.2) is 0 Å². The van der Waals surface area contributed by atoms with Gasteiger partial charge in [-0.1, -0.05) is 6.07 Å². The Hall–Kier alpha value is -1.23. The maximum Gasteiger partial charge on any atom is 0.124 e. The largest absolute Gasteiger partial charge is 0.496 e. The summed E-state index contributed by atoms with van der Waals surface area (Å²) in [4.78, 5) is 2.36. The molecule has 0 saturated heterocycles. The average molecular weight is 351 g/mol. The average Bonchev–Trinajstić information content (AvgIpc) is 2.83. The molecule has 0 N–H and O–H groups in total. The van der Waals surface area contributed by atoms with Gasteiger partial charge in [0.25, 0.3) is 0 Å². The number of hydrogen-bond acceptors (Lipinski definition) is 2. The van der Waals surface area contributed by atoms with Crippen LogP contribution in [0.2, 0.25) is 0 Å². The van der Waals surface area contributed by atoms with Crippen LogP contribution in [-0.4, -0.2) is 13.7 Å². The number of methoxy groups -OCH3 is 1. The van der Waals surface area contributed by atoms with E-state index < -0.39 is 0 Å². The summed E-state index contributed by atoms with van der Waals surface area (Å²) in [5.74, 6) is 1.00. The lowest BCUT2D eigenvalue weighted by Gasteiger charge is -2.19. The third kappa shape index (κ3) is 1.96. The molecule has 0 aromatic heterocycles. The van der Waals surface area contributed by atoms with Crippen molar-refractivity contribution in [1.29, 1.82) is 0 Å². The maximum atomic E-state index is 5.43. The first-order valence-electron chi connectivity index (χ1n) is 5.98. The number of hydrogen-bond donors (Lipinski definition) is 0. The van der Waals surface area contributed by atoms with Crippen LogP contribution in [0.4, 0.5) is 11.4 Å². The van der Waals surface area contributed by atoms with Crippen LogP contribution in [-0.2, 0) is 6.42 Å². The Morgan fingerprint density at radius 1 is 1.11 bits per heavy atom. The highest BCUT2D eigenvalue weighted by atomic mass is 127. The van der Waals surface area contributed by atoms with E-state index in [0.717, 1.165) is 18.7 Å². The molecule has 1 heterocycles. The highest BCUT2D eigenvalue weighted by Crippen LogP contribution is 2.39. The van der Waals surface area contributed by atoms with Crippen molar-refractivity contribution in [3.8, 4) is 5.75 Å². The van der Waals surface area contributed by atoms with E-state index in [-0.39, 0.29) is 0 Å². The van der Waals surface area contributed by atoms with Gasteiger partial charge in [-0.3, -0.25) is 0 Å². The molecule has 0 spiro atoms. The molecule has 0 saturated carbocycles. The molecule has 0 aliphatic carbocycles. The van der Waals surface area contributed by atoms with Crippen molar-refractivity contribution in [2.45, 2.75) is 6.42 Å². The Bertz CT molecular complexity index is 565. The van der Waals surface area contributed by atoms with Crippen molar-refractivity contribution >= 4 is 34.0 Å². The Morgan fingerprint density at radius 3 is 2.61 bits per heavy atom. The van der Waals surface area contributed by atoms with Gasteiger partial charge < -0.3 is 9.64 Å². The molecule has 0 fully saturated rings. The number of benzene rings is 2. The van der Waals surface area contributed by atoms with Gasteiger partial charge in [0.05, 0.1) is 7.11 Å². The summed E-state index contributed by atoms with van der Waals surface area (Å²) in [5, 5.41) is 0. The SMILES string of the molecule is COc1cccc2c1CCN2c1ccc(I)cc1. The lowest BCUT2D eigenvalue weighted by molar-refractivity contribution is 0.411. The molecular weight excluding hydrogens is 337 g/mol. The fraction of sp³-hybridized carbons (Fsp3) is 0.200. The summed E-state index contributed by atoms with van der Waals surface area (Å²) < 4.78 is 6.70. The van der Waals surface area contributed by atoms with Crippen molar-refractivity contribution in [3.05, 3.63) is 51.6 Å². The van der Waals surface area contributed by atoms with Crippen LogP contribution < -0.4 is 9.64 Å². The van der Waals surface area contributed by atoms with E-state index in [1.54, 1.807) is 7.11 Å². The zero-order valence-electron chi connectivity index (χ0n) is 10.2. The molecule has 2 nitrogen and oxygen atoms in total. The van der Waals surface area contributed by atoms with Crippen LogP contribution >= 0.6 is 22.6 Å². The number of nitrogens with zero attached hydrogens (tertiary/aromatic N) is 1. The van der Waals surface area contributed by atoms with Crippen molar-refractivity contribution in [3.63, 3.8) is 0 Å². The molecule has 92 valence electrons. The third-order valence-corrected chi connectivity index (χ3v) is 4.06. The number of anilines is 2. The minimum Gasteiger partial charge on any atom is -0.496 e. The van der Waals surface area contributed by atoms with E-state index in [9.17, 15) is 0 Å². The number of halogens is 1. The minimum absolute atomic E-state index is 1.00. The van der Waals surface area contributed by atoms with E-state index in [2.05, 4.69) is 63.9 Å². The molecule has 1 aliphatic rings. The second-order valence-corrected chi connectivity index (χ2v) is 5.58. The molecule has 3 heteroatoms. The van der Waals surface area contributed by atoms with Gasteiger partial charge in [0, 0.05) is 27.1 Å². The molecule has 3 rings (SSSR count). The fourth-order valence-electron chi connectivity index (χ4n) is 2.48. The summed E-state index contributed by atoms with van der Waals surface area (Å²) >= 11 is 2.33. The van der Waals surface area contributed by atoms with E-state index in [1.807, 2.05) is 6.07 Å². The molecule has 18 heavy (non-hydrogen) atoms. The summed E-state index contributed by atoms with van der Waals surface area (Å²) in [7, 11) is 1.74. The highest BCUT2D eigenvalue weighted by Gasteiger charge is 2.23. The van der Waals surface area contributed by atoms with Crippen LogP contribution in [0.15, 0.2) is 42.5 Å². The van der Waals surface area contributed by atoms with Crippen molar-refractivity contribution in [2.24, 2.45) is 0 Å². The smallest absolute Gasteiger partial charge is 0.124 e. The van der Waals surface area contributed by atoms with Crippen LogP contribution in [0.3, 0.4) is 0 Å². The van der Waals surface area contributed by atoms with Crippen molar-refractivity contribution in [2.75, 3.05) is 18.6 Å². The molecule has 0 unspecified atom stereocenters. The third-order valence-electron chi connectivity index (χ3n) is 3.34. The lowest BCUT2D eigenvalue weighted by atomic mass is 10.1. The van der Waals surface area contributed by atoms with Crippen molar-refractivity contribution < 1.29 is 4.74 Å². The molecule has 0 amide bonds. The van der Waals surface area contributed by atoms with E-state index in [0.29, 0.717) is 0 Å². The summed E-state index contributed by atoms with van der Waals surface area (Å²) in [6, 6.07) is 14.9. The standard InChI is InChI=1S/C15H14INO/c1-18-15-4-2-3-14-13(15)9-10-17(14)12-7-5-11(16)6-8-12/h2-8H,9-10H2,1H3. The van der Waals surface area contributed by atoms with E-state index in [4.69, 9.17) is 4.74 Å². The summed E-state index contributed by atoms with van der Waals surface area (Å²) in [6.45, 7) is 1.02. The Labute approximate surface area is 121 Å². The van der Waals surface area contributed by atoms with Gasteiger partial charge in [-0.05, 0) is 65.4 Å². The maximum absolute atomic E-state index is 5.43. The number of rotatable bonds is 2. The summed E-state index contributed by atoms with van der Waals surface area (Å²) in [5.41, 5.74) is 3.84. The normalized spacial score (nSPS) is 13.6. The Kier molecular flexibility index (Phi) is 3.16. The van der Waals surface area contributed by atoms with Gasteiger partial charge >= 0.3 is 0 Å². The van der Waals surface area contributed by atoms with Crippen LogP contribution in [0.25, 0.3) is 0 Å². The van der Waals surface area contributed by atoms with Gasteiger partial charge in [-0.25, -0.2) is 0 Å². The minimum atomic E-state index is 1.00. The molecule has 2 aromatic rings. The first-order valence-corrected chi connectivity index (χ1v) is 7.06. The first kappa shape index (κ1) is 11.8. The van der Waals surface area contributed by atoms with E-state index in [1.165, 1.54) is 20.5 Å². The molecule has 1 aliphatic heterocycles. The predicted molar refractivity (Wildman–Crippen MR) is 82.9 cm³/mol. The Balaban J connectivity index is 2.02. The quantitative estimate of drug-likeness (QED) is 0.759. The number of ether oxygens (including phenoxy) is 1. The van der Waals surface area contributed by atoms with Crippen LogP contribution in [0.5, 0.6) is 5.75 Å². The van der Waals surface area contributed by atoms with Gasteiger partial charge in [-0.2, -0.15) is 0 Å². The number of fused-ring (bicyclic) bond motifs is 1. The zero-order valence-corrected chi connectivity index (χ0v) is 12.3. The molecular formula is C15H14INO.